The van der Waals surface area contributed by atoms with Crippen molar-refractivity contribution in [2.24, 2.45) is 5.92 Å². The van der Waals surface area contributed by atoms with Crippen LogP contribution in [0.1, 0.15) is 0 Å². The third-order valence-corrected chi connectivity index (χ3v) is 2.83. The van der Waals surface area contributed by atoms with Crippen LogP contribution >= 0.6 is 81.2 Å². The SMILES string of the molecule is ClCC(C(Cl)(Cl)Cl)C(Cl)(Cl)Cl. The molecule has 0 fully saturated rings. The van der Waals surface area contributed by atoms with Crippen LogP contribution < -0.4 is 0 Å². The Morgan fingerprint density at radius 2 is 1.09 bits per heavy atom. The van der Waals surface area contributed by atoms with E-state index >= 15 is 0 Å². The molecule has 0 unspecified atom stereocenters. The minimum atomic E-state index is -1.66. The van der Waals surface area contributed by atoms with E-state index in [9.17, 15) is 0 Å². The molecule has 0 aromatic heterocycles. The van der Waals surface area contributed by atoms with E-state index in [2.05, 4.69) is 0 Å². The number of rotatable bonds is 1. The Bertz CT molecular complexity index is 105. The molecule has 0 aromatic carbocycles. The van der Waals surface area contributed by atoms with Crippen LogP contribution in [-0.4, -0.2) is 13.5 Å². The molecule has 0 atom stereocenters. The lowest BCUT2D eigenvalue weighted by Crippen LogP contribution is -2.33. The molecule has 0 aromatic rings. The van der Waals surface area contributed by atoms with E-state index in [1.54, 1.807) is 0 Å². The van der Waals surface area contributed by atoms with E-state index in [4.69, 9.17) is 81.2 Å². The zero-order chi connectivity index (χ0) is 9.28. The van der Waals surface area contributed by atoms with Gasteiger partial charge in [-0.25, -0.2) is 0 Å². The van der Waals surface area contributed by atoms with Crippen LogP contribution in [0.2, 0.25) is 0 Å². The van der Waals surface area contributed by atoms with Crippen molar-refractivity contribution < 1.29 is 0 Å². The summed E-state index contributed by atoms with van der Waals surface area (Å²) < 4.78 is -3.32. The molecule has 0 aliphatic heterocycles. The van der Waals surface area contributed by atoms with Crippen LogP contribution in [0, 0.1) is 5.92 Å². The van der Waals surface area contributed by atoms with Crippen molar-refractivity contribution in [3.63, 3.8) is 0 Å². The number of alkyl halides is 7. The second-order valence-electron chi connectivity index (χ2n) is 1.79. The maximum absolute atomic E-state index is 5.48. The first-order valence-corrected chi connectivity index (χ1v) is 5.19. The second kappa shape index (κ2) is 4.50. The molecule has 0 saturated carbocycles. The lowest BCUT2D eigenvalue weighted by molar-refractivity contribution is 0.620. The van der Waals surface area contributed by atoms with Gasteiger partial charge in [0.05, 0.1) is 5.92 Å². The summed E-state index contributed by atoms with van der Waals surface area (Å²) in [7, 11) is 0. The minimum Gasteiger partial charge on any atom is -0.126 e. The summed E-state index contributed by atoms with van der Waals surface area (Å²) in [5.41, 5.74) is 0. The van der Waals surface area contributed by atoms with Crippen molar-refractivity contribution in [1.29, 1.82) is 0 Å². The van der Waals surface area contributed by atoms with Gasteiger partial charge < -0.3 is 0 Å². The Hall–Kier alpha value is 2.03. The van der Waals surface area contributed by atoms with Crippen LogP contribution in [0.25, 0.3) is 0 Å². The summed E-state index contributed by atoms with van der Waals surface area (Å²) in [5, 5.41) is 0. The summed E-state index contributed by atoms with van der Waals surface area (Å²) in [6.07, 6.45) is 0. The molecule has 0 amide bonds. The molecular formula is C4H3Cl7. The molecule has 7 heteroatoms. The first kappa shape index (κ1) is 13.0. The maximum atomic E-state index is 5.48. The molecule has 0 aliphatic rings. The highest BCUT2D eigenvalue weighted by atomic mass is 35.6. The summed E-state index contributed by atoms with van der Waals surface area (Å²) >= 11 is 38.3. The Balaban J connectivity index is 4.43. The molecule has 0 heterocycles. The molecule has 0 nitrogen and oxygen atoms in total. The largest absolute Gasteiger partial charge is 0.198 e. The molecular weight excluding hydrogens is 296 g/mol. The standard InChI is InChI=1S/C4H3Cl7/c5-1-2(3(6,7)8)4(9,10)11/h2H,1H2. The lowest BCUT2D eigenvalue weighted by atomic mass is 10.2. The normalized spacial score (nSPS) is 14.2. The van der Waals surface area contributed by atoms with Gasteiger partial charge in [-0.1, -0.05) is 69.6 Å². The fourth-order valence-corrected chi connectivity index (χ4v) is 3.24. The van der Waals surface area contributed by atoms with Gasteiger partial charge in [0, 0.05) is 5.88 Å². The summed E-state index contributed by atoms with van der Waals surface area (Å²) in [6.45, 7) is 0. The van der Waals surface area contributed by atoms with Crippen molar-refractivity contribution in [2.45, 2.75) is 7.59 Å². The lowest BCUT2D eigenvalue weighted by Gasteiger charge is -2.28. The molecule has 68 valence electrons. The average molecular weight is 299 g/mol. The van der Waals surface area contributed by atoms with E-state index < -0.39 is 13.5 Å². The predicted octanol–water partition coefficient (Wildman–Crippen LogP) is 4.58. The molecule has 0 spiro atoms. The molecule has 0 saturated heterocycles. The molecule has 0 radical (unpaired) electrons. The van der Waals surface area contributed by atoms with Crippen molar-refractivity contribution in [1.82, 2.24) is 0 Å². The zero-order valence-corrected chi connectivity index (χ0v) is 10.2. The van der Waals surface area contributed by atoms with E-state index in [1.165, 1.54) is 0 Å². The van der Waals surface area contributed by atoms with Crippen molar-refractivity contribution >= 4 is 81.2 Å². The van der Waals surface area contributed by atoms with Crippen molar-refractivity contribution in [3.8, 4) is 0 Å². The number of hydrogen-bond donors (Lipinski definition) is 0. The van der Waals surface area contributed by atoms with Gasteiger partial charge in [-0.05, 0) is 0 Å². The van der Waals surface area contributed by atoms with Gasteiger partial charge in [-0.2, -0.15) is 0 Å². The first-order chi connectivity index (χ1) is 4.69. The van der Waals surface area contributed by atoms with Gasteiger partial charge in [0.1, 0.15) is 0 Å². The molecule has 0 bridgehead atoms. The van der Waals surface area contributed by atoms with E-state index in [-0.39, 0.29) is 5.88 Å². The highest BCUT2D eigenvalue weighted by Crippen LogP contribution is 2.48. The molecule has 0 N–H and O–H groups in total. The van der Waals surface area contributed by atoms with Crippen LogP contribution in [0.15, 0.2) is 0 Å². The third kappa shape index (κ3) is 4.71. The van der Waals surface area contributed by atoms with Crippen LogP contribution in [0.5, 0.6) is 0 Å². The second-order valence-corrected chi connectivity index (χ2v) is 6.84. The monoisotopic (exact) mass is 296 g/mol. The van der Waals surface area contributed by atoms with Crippen molar-refractivity contribution in [3.05, 3.63) is 0 Å². The Kier molecular flexibility index (Phi) is 5.33. The van der Waals surface area contributed by atoms with Gasteiger partial charge in [-0.3, -0.25) is 0 Å². The number of hydrogen-bond acceptors (Lipinski definition) is 0. The van der Waals surface area contributed by atoms with Gasteiger partial charge in [0.25, 0.3) is 0 Å². The predicted molar refractivity (Wildman–Crippen MR) is 54.8 cm³/mol. The highest BCUT2D eigenvalue weighted by molar-refractivity contribution is 6.72. The first-order valence-electron chi connectivity index (χ1n) is 2.39. The number of halogens is 7. The third-order valence-electron chi connectivity index (χ3n) is 0.945. The fourth-order valence-electron chi connectivity index (χ4n) is 0.361. The minimum absolute atomic E-state index is 0.0347. The maximum Gasteiger partial charge on any atom is 0.198 e. The Morgan fingerprint density at radius 1 is 0.818 bits per heavy atom. The smallest absolute Gasteiger partial charge is 0.126 e. The van der Waals surface area contributed by atoms with Gasteiger partial charge >= 0.3 is 0 Å². The highest BCUT2D eigenvalue weighted by Gasteiger charge is 2.45. The van der Waals surface area contributed by atoms with E-state index in [0.29, 0.717) is 0 Å². The fraction of sp³-hybridized carbons (Fsp3) is 1.00. The molecule has 0 rings (SSSR count). The quantitative estimate of drug-likeness (QED) is 0.622. The van der Waals surface area contributed by atoms with E-state index in [1.807, 2.05) is 0 Å². The van der Waals surface area contributed by atoms with Crippen LogP contribution in [0.4, 0.5) is 0 Å². The van der Waals surface area contributed by atoms with Gasteiger partial charge in [0.15, 0.2) is 7.59 Å². The van der Waals surface area contributed by atoms with Crippen LogP contribution in [0.3, 0.4) is 0 Å². The van der Waals surface area contributed by atoms with Gasteiger partial charge in [-0.15, -0.1) is 11.6 Å². The summed E-state index contributed by atoms with van der Waals surface area (Å²) in [5.74, 6) is -0.862. The van der Waals surface area contributed by atoms with Crippen LogP contribution in [-0.2, 0) is 0 Å². The average Bonchev–Trinajstić information content (AvgIpc) is 1.56. The zero-order valence-electron chi connectivity index (χ0n) is 4.93. The molecule has 11 heavy (non-hydrogen) atoms. The Morgan fingerprint density at radius 3 is 1.09 bits per heavy atom. The topological polar surface area (TPSA) is 0 Å². The summed E-state index contributed by atoms with van der Waals surface area (Å²) in [4.78, 5) is 0. The van der Waals surface area contributed by atoms with E-state index in [0.717, 1.165) is 0 Å². The van der Waals surface area contributed by atoms with Crippen molar-refractivity contribution in [2.75, 3.05) is 5.88 Å². The van der Waals surface area contributed by atoms with Gasteiger partial charge in [0.2, 0.25) is 0 Å². The summed E-state index contributed by atoms with van der Waals surface area (Å²) in [6, 6.07) is 0. The Labute approximate surface area is 100.0 Å². The molecule has 0 aliphatic carbocycles.